The first-order valence-corrected chi connectivity index (χ1v) is 5.59. The summed E-state index contributed by atoms with van der Waals surface area (Å²) in [6.45, 7) is 4.76. The van der Waals surface area contributed by atoms with Gasteiger partial charge in [-0.25, -0.2) is 0 Å². The fourth-order valence-electron chi connectivity index (χ4n) is 3.43. The van der Waals surface area contributed by atoms with E-state index in [0.717, 1.165) is 18.3 Å². The Labute approximate surface area is 80.9 Å². The topological polar surface area (TPSA) is 17.1 Å². The maximum atomic E-state index is 10.8. The van der Waals surface area contributed by atoms with E-state index in [1.165, 1.54) is 32.0 Å². The Morgan fingerprint density at radius 1 is 1.23 bits per heavy atom. The average molecular weight is 180 g/mol. The van der Waals surface area contributed by atoms with E-state index in [0.29, 0.717) is 11.3 Å². The highest BCUT2D eigenvalue weighted by Gasteiger charge is 2.44. The lowest BCUT2D eigenvalue weighted by atomic mass is 9.68. The smallest absolute Gasteiger partial charge is 0.123 e. The van der Waals surface area contributed by atoms with Gasteiger partial charge in [0.2, 0.25) is 0 Å². The summed E-state index contributed by atoms with van der Waals surface area (Å²) in [5.74, 6) is 2.14. The molecule has 2 aliphatic carbocycles. The molecule has 2 aliphatic rings. The monoisotopic (exact) mass is 180 g/mol. The van der Waals surface area contributed by atoms with Gasteiger partial charge in [0.25, 0.3) is 0 Å². The number of fused-ring (bicyclic) bond motifs is 1. The van der Waals surface area contributed by atoms with Crippen molar-refractivity contribution in [1.82, 2.24) is 0 Å². The van der Waals surface area contributed by atoms with Crippen molar-refractivity contribution in [3.63, 3.8) is 0 Å². The van der Waals surface area contributed by atoms with Gasteiger partial charge in [-0.3, -0.25) is 0 Å². The van der Waals surface area contributed by atoms with Crippen LogP contribution in [0.5, 0.6) is 0 Å². The number of aldehydes is 1. The molecule has 0 bridgehead atoms. The van der Waals surface area contributed by atoms with Crippen molar-refractivity contribution in [2.24, 2.45) is 23.2 Å². The van der Waals surface area contributed by atoms with Crippen LogP contribution in [0.1, 0.15) is 46.0 Å². The molecule has 3 unspecified atom stereocenters. The molecule has 1 heteroatoms. The lowest BCUT2D eigenvalue weighted by Gasteiger charge is -2.36. The minimum Gasteiger partial charge on any atom is -0.303 e. The highest BCUT2D eigenvalue weighted by Crippen LogP contribution is 2.53. The van der Waals surface area contributed by atoms with E-state index in [9.17, 15) is 4.79 Å². The van der Waals surface area contributed by atoms with E-state index in [2.05, 4.69) is 13.8 Å². The summed E-state index contributed by atoms with van der Waals surface area (Å²) in [4.78, 5) is 10.8. The second kappa shape index (κ2) is 3.11. The van der Waals surface area contributed by atoms with Crippen LogP contribution in [0, 0.1) is 23.2 Å². The third-order valence-electron chi connectivity index (χ3n) is 4.39. The number of hydrogen-bond acceptors (Lipinski definition) is 1. The second-order valence-electron chi connectivity index (χ2n) is 5.60. The first-order valence-electron chi connectivity index (χ1n) is 5.59. The molecule has 0 spiro atoms. The summed E-state index contributed by atoms with van der Waals surface area (Å²) in [5.41, 5.74) is 0.506. The zero-order valence-corrected chi connectivity index (χ0v) is 8.75. The summed E-state index contributed by atoms with van der Waals surface area (Å²) < 4.78 is 0. The van der Waals surface area contributed by atoms with Crippen molar-refractivity contribution < 1.29 is 4.79 Å². The standard InChI is InChI=1S/C12H20O/c1-12(2)6-5-10-4-3-9(8-13)7-11(10)12/h8-11H,3-7H2,1-2H3. The normalized spacial score (nSPS) is 42.8. The Hall–Kier alpha value is -0.330. The van der Waals surface area contributed by atoms with Crippen LogP contribution < -0.4 is 0 Å². The summed E-state index contributed by atoms with van der Waals surface area (Å²) in [6, 6.07) is 0. The molecule has 0 radical (unpaired) electrons. The predicted molar refractivity (Wildman–Crippen MR) is 53.4 cm³/mol. The Kier molecular flexibility index (Phi) is 2.21. The van der Waals surface area contributed by atoms with Gasteiger partial charge in [-0.05, 0) is 49.4 Å². The van der Waals surface area contributed by atoms with E-state index in [1.807, 2.05) is 0 Å². The zero-order valence-electron chi connectivity index (χ0n) is 8.75. The lowest BCUT2D eigenvalue weighted by Crippen LogP contribution is -2.29. The Balaban J connectivity index is 2.09. The van der Waals surface area contributed by atoms with E-state index in [-0.39, 0.29) is 0 Å². The molecular formula is C12H20O. The van der Waals surface area contributed by atoms with Gasteiger partial charge in [0, 0.05) is 5.92 Å². The van der Waals surface area contributed by atoms with Crippen molar-refractivity contribution in [3.05, 3.63) is 0 Å². The molecule has 0 aromatic carbocycles. The van der Waals surface area contributed by atoms with Crippen LogP contribution in [0.15, 0.2) is 0 Å². The molecule has 0 heterocycles. The lowest BCUT2D eigenvalue weighted by molar-refractivity contribution is -0.113. The molecule has 74 valence electrons. The summed E-state index contributed by atoms with van der Waals surface area (Å²) in [5, 5.41) is 0. The molecule has 0 N–H and O–H groups in total. The van der Waals surface area contributed by atoms with Gasteiger partial charge in [0.05, 0.1) is 0 Å². The van der Waals surface area contributed by atoms with Crippen molar-refractivity contribution in [1.29, 1.82) is 0 Å². The Bertz CT molecular complexity index is 207. The Morgan fingerprint density at radius 3 is 2.69 bits per heavy atom. The summed E-state index contributed by atoms with van der Waals surface area (Å²) >= 11 is 0. The van der Waals surface area contributed by atoms with Gasteiger partial charge in [-0.2, -0.15) is 0 Å². The van der Waals surface area contributed by atoms with E-state index >= 15 is 0 Å². The molecular weight excluding hydrogens is 160 g/mol. The van der Waals surface area contributed by atoms with E-state index in [1.54, 1.807) is 0 Å². The van der Waals surface area contributed by atoms with Crippen molar-refractivity contribution in [2.45, 2.75) is 46.0 Å². The van der Waals surface area contributed by atoms with Gasteiger partial charge in [-0.15, -0.1) is 0 Å². The zero-order chi connectivity index (χ0) is 9.47. The molecule has 2 saturated carbocycles. The maximum absolute atomic E-state index is 10.8. The average Bonchev–Trinajstić information content (AvgIpc) is 2.42. The fraction of sp³-hybridized carbons (Fsp3) is 0.917. The first kappa shape index (κ1) is 9.23. The second-order valence-corrected chi connectivity index (χ2v) is 5.60. The quantitative estimate of drug-likeness (QED) is 0.567. The summed E-state index contributed by atoms with van der Waals surface area (Å²) in [7, 11) is 0. The molecule has 3 atom stereocenters. The number of rotatable bonds is 1. The van der Waals surface area contributed by atoms with Crippen LogP contribution in [-0.2, 0) is 4.79 Å². The molecule has 0 aliphatic heterocycles. The van der Waals surface area contributed by atoms with E-state index < -0.39 is 0 Å². The first-order chi connectivity index (χ1) is 6.13. The predicted octanol–water partition coefficient (Wildman–Crippen LogP) is 3.04. The third kappa shape index (κ3) is 1.53. The minimum absolute atomic E-state index is 0.374. The Morgan fingerprint density at radius 2 is 2.00 bits per heavy atom. The van der Waals surface area contributed by atoms with Crippen molar-refractivity contribution >= 4 is 6.29 Å². The highest BCUT2D eigenvalue weighted by atomic mass is 16.1. The van der Waals surface area contributed by atoms with Gasteiger partial charge in [0.1, 0.15) is 6.29 Å². The molecule has 13 heavy (non-hydrogen) atoms. The van der Waals surface area contributed by atoms with Gasteiger partial charge in [-0.1, -0.05) is 13.8 Å². The van der Waals surface area contributed by atoms with Gasteiger partial charge >= 0.3 is 0 Å². The van der Waals surface area contributed by atoms with Crippen LogP contribution in [0.25, 0.3) is 0 Å². The van der Waals surface area contributed by atoms with E-state index in [4.69, 9.17) is 0 Å². The van der Waals surface area contributed by atoms with Crippen LogP contribution in [0.4, 0.5) is 0 Å². The van der Waals surface area contributed by atoms with Crippen LogP contribution >= 0.6 is 0 Å². The number of carbonyl (C=O) groups excluding carboxylic acids is 1. The molecule has 2 rings (SSSR count). The van der Waals surface area contributed by atoms with Crippen LogP contribution in [0.2, 0.25) is 0 Å². The molecule has 0 saturated heterocycles. The van der Waals surface area contributed by atoms with Gasteiger partial charge in [0.15, 0.2) is 0 Å². The molecule has 0 amide bonds. The molecule has 0 aromatic rings. The molecule has 2 fully saturated rings. The largest absolute Gasteiger partial charge is 0.303 e. The van der Waals surface area contributed by atoms with Crippen molar-refractivity contribution in [2.75, 3.05) is 0 Å². The molecule has 0 aromatic heterocycles. The third-order valence-corrected chi connectivity index (χ3v) is 4.39. The fourth-order valence-corrected chi connectivity index (χ4v) is 3.43. The van der Waals surface area contributed by atoms with Gasteiger partial charge < -0.3 is 4.79 Å². The van der Waals surface area contributed by atoms with Crippen LogP contribution in [0.3, 0.4) is 0 Å². The molecule has 1 nitrogen and oxygen atoms in total. The minimum atomic E-state index is 0.374. The number of hydrogen-bond donors (Lipinski definition) is 0. The highest BCUT2D eigenvalue weighted by molar-refractivity contribution is 5.53. The van der Waals surface area contributed by atoms with Crippen LogP contribution in [-0.4, -0.2) is 6.29 Å². The SMILES string of the molecule is CC1(C)CCC2CCC(C=O)CC21. The summed E-state index contributed by atoms with van der Waals surface area (Å²) in [6.07, 6.45) is 7.58. The number of carbonyl (C=O) groups is 1. The van der Waals surface area contributed by atoms with Crippen molar-refractivity contribution in [3.8, 4) is 0 Å². The maximum Gasteiger partial charge on any atom is 0.123 e.